The minimum absolute atomic E-state index is 0.0507. The molecule has 2 aliphatic heterocycles. The average molecular weight is 519 g/mol. The quantitative estimate of drug-likeness (QED) is 0.329. The molecule has 2 aromatic rings. The molecule has 0 bridgehead atoms. The largest absolute Gasteiger partial charge is 0.497 e. The molecule has 2 unspecified atom stereocenters. The second-order valence-corrected chi connectivity index (χ2v) is 10.3. The molecule has 2 heterocycles. The van der Waals surface area contributed by atoms with Gasteiger partial charge in [-0.1, -0.05) is 23.4 Å². The molecule has 0 spiro atoms. The van der Waals surface area contributed by atoms with Crippen LogP contribution < -0.4 is 14.4 Å². The van der Waals surface area contributed by atoms with Crippen LogP contribution in [-0.2, 0) is 14.3 Å². The monoisotopic (exact) mass is 518 g/mol. The van der Waals surface area contributed by atoms with E-state index in [1.54, 1.807) is 36.8 Å². The first-order valence-corrected chi connectivity index (χ1v) is 13.1. The SMILES string of the molecule is COc1ccc(OCCCN2CCCC2COC(C)=O)c(C2Sc3cc(Cl)ccc3N2C(C)=O)c1. The normalized spacial score (nSPS) is 19.5. The summed E-state index contributed by atoms with van der Waals surface area (Å²) in [7, 11) is 1.63. The van der Waals surface area contributed by atoms with Crippen LogP contribution in [0.2, 0.25) is 5.02 Å². The van der Waals surface area contributed by atoms with Crippen LogP contribution in [0.5, 0.6) is 11.5 Å². The van der Waals surface area contributed by atoms with Crippen molar-refractivity contribution in [3.8, 4) is 11.5 Å². The van der Waals surface area contributed by atoms with Gasteiger partial charge in [0.2, 0.25) is 5.91 Å². The molecule has 0 N–H and O–H groups in total. The molecule has 0 saturated carbocycles. The van der Waals surface area contributed by atoms with Crippen molar-refractivity contribution in [2.24, 2.45) is 0 Å². The Hall–Kier alpha value is -2.42. The number of thioether (sulfide) groups is 1. The number of carbonyl (C=O) groups is 2. The van der Waals surface area contributed by atoms with E-state index in [2.05, 4.69) is 4.90 Å². The number of rotatable bonds is 9. The highest BCUT2D eigenvalue weighted by atomic mass is 35.5. The number of ether oxygens (including phenoxy) is 3. The van der Waals surface area contributed by atoms with Crippen LogP contribution >= 0.6 is 23.4 Å². The maximum atomic E-state index is 12.6. The molecule has 7 nitrogen and oxygen atoms in total. The molecule has 2 atom stereocenters. The number of esters is 1. The summed E-state index contributed by atoms with van der Waals surface area (Å²) in [5.74, 6) is 1.15. The third kappa shape index (κ3) is 6.05. The van der Waals surface area contributed by atoms with E-state index in [-0.39, 0.29) is 23.3 Å². The van der Waals surface area contributed by atoms with Crippen LogP contribution in [0, 0.1) is 0 Å². The van der Waals surface area contributed by atoms with Crippen LogP contribution in [-0.4, -0.2) is 56.2 Å². The van der Waals surface area contributed by atoms with Crippen molar-refractivity contribution < 1.29 is 23.8 Å². The lowest BCUT2D eigenvalue weighted by Crippen LogP contribution is -2.35. The van der Waals surface area contributed by atoms with Crippen molar-refractivity contribution in [1.82, 2.24) is 4.90 Å². The van der Waals surface area contributed by atoms with Crippen molar-refractivity contribution in [3.05, 3.63) is 47.0 Å². The van der Waals surface area contributed by atoms with Crippen LogP contribution in [0.15, 0.2) is 41.3 Å². The Morgan fingerprint density at radius 2 is 2.00 bits per heavy atom. The molecule has 9 heteroatoms. The van der Waals surface area contributed by atoms with Gasteiger partial charge < -0.3 is 14.2 Å². The Labute approximate surface area is 215 Å². The van der Waals surface area contributed by atoms with Crippen molar-refractivity contribution in [2.75, 3.05) is 38.3 Å². The van der Waals surface area contributed by atoms with Crippen LogP contribution in [0.25, 0.3) is 0 Å². The zero-order valence-corrected chi connectivity index (χ0v) is 21.9. The molecule has 35 heavy (non-hydrogen) atoms. The van der Waals surface area contributed by atoms with Gasteiger partial charge in [-0.2, -0.15) is 0 Å². The van der Waals surface area contributed by atoms with Gasteiger partial charge in [0, 0.05) is 41.9 Å². The summed E-state index contributed by atoms with van der Waals surface area (Å²) >= 11 is 7.79. The van der Waals surface area contributed by atoms with Gasteiger partial charge in [-0.05, 0) is 62.2 Å². The van der Waals surface area contributed by atoms with Gasteiger partial charge in [-0.15, -0.1) is 0 Å². The molecule has 4 rings (SSSR count). The molecule has 2 aliphatic rings. The van der Waals surface area contributed by atoms with Crippen molar-refractivity contribution in [1.29, 1.82) is 0 Å². The number of likely N-dealkylation sites (tertiary alicyclic amines) is 1. The molecule has 0 aromatic heterocycles. The van der Waals surface area contributed by atoms with Gasteiger partial charge in [0.25, 0.3) is 0 Å². The topological polar surface area (TPSA) is 68.3 Å². The second kappa shape index (κ2) is 11.5. The van der Waals surface area contributed by atoms with Crippen molar-refractivity contribution >= 4 is 40.9 Å². The minimum Gasteiger partial charge on any atom is -0.497 e. The van der Waals surface area contributed by atoms with E-state index >= 15 is 0 Å². The standard InChI is InChI=1S/C26H31ClN2O5S/c1-17(30)29-23-9-7-19(27)14-25(23)35-26(29)22-15-21(32-3)8-10-24(22)33-13-5-12-28-11-4-6-20(28)16-34-18(2)31/h7-10,14-15,20,26H,4-6,11-13,16H2,1-3H3. The number of fused-ring (bicyclic) bond motifs is 1. The zero-order valence-electron chi connectivity index (χ0n) is 20.3. The van der Waals surface area contributed by atoms with Gasteiger partial charge in [0.05, 0.1) is 19.4 Å². The molecule has 0 radical (unpaired) electrons. The predicted octanol–water partition coefficient (Wildman–Crippen LogP) is 5.30. The van der Waals surface area contributed by atoms with Gasteiger partial charge in [0.1, 0.15) is 23.5 Å². The molecular formula is C26H31ClN2O5S. The third-order valence-corrected chi connectivity index (χ3v) is 7.81. The van der Waals surface area contributed by atoms with E-state index < -0.39 is 0 Å². The summed E-state index contributed by atoms with van der Waals surface area (Å²) in [6, 6.07) is 11.6. The Balaban J connectivity index is 1.45. The molecule has 1 fully saturated rings. The molecule has 1 saturated heterocycles. The summed E-state index contributed by atoms with van der Waals surface area (Å²) in [4.78, 5) is 28.9. The Kier molecular flexibility index (Phi) is 8.46. The number of amides is 1. The molecule has 2 aromatic carbocycles. The van der Waals surface area contributed by atoms with Crippen molar-refractivity contribution in [2.45, 2.75) is 49.4 Å². The summed E-state index contributed by atoms with van der Waals surface area (Å²) < 4.78 is 16.9. The Morgan fingerprint density at radius 3 is 2.74 bits per heavy atom. The smallest absolute Gasteiger partial charge is 0.302 e. The van der Waals surface area contributed by atoms with E-state index in [9.17, 15) is 9.59 Å². The highest BCUT2D eigenvalue weighted by Crippen LogP contribution is 2.54. The highest BCUT2D eigenvalue weighted by molar-refractivity contribution is 8.00. The number of hydrogen-bond acceptors (Lipinski definition) is 7. The predicted molar refractivity (Wildman–Crippen MR) is 138 cm³/mol. The summed E-state index contributed by atoms with van der Waals surface area (Å²) in [5.41, 5.74) is 1.73. The number of nitrogens with zero attached hydrogens (tertiary/aromatic N) is 2. The van der Waals surface area contributed by atoms with Gasteiger partial charge in [-0.25, -0.2) is 0 Å². The molecular weight excluding hydrogens is 488 g/mol. The first kappa shape index (κ1) is 25.7. The second-order valence-electron chi connectivity index (χ2n) is 8.71. The lowest BCUT2D eigenvalue weighted by atomic mass is 10.1. The van der Waals surface area contributed by atoms with E-state index in [4.69, 9.17) is 25.8 Å². The maximum Gasteiger partial charge on any atom is 0.302 e. The number of carbonyl (C=O) groups excluding carboxylic acids is 2. The van der Waals surface area contributed by atoms with Crippen LogP contribution in [0.3, 0.4) is 0 Å². The van der Waals surface area contributed by atoms with E-state index in [1.165, 1.54) is 6.92 Å². The first-order valence-electron chi connectivity index (χ1n) is 11.8. The number of halogens is 1. The number of methoxy groups -OCH3 is 1. The van der Waals surface area contributed by atoms with E-state index in [0.717, 1.165) is 54.2 Å². The van der Waals surface area contributed by atoms with Crippen molar-refractivity contribution in [3.63, 3.8) is 0 Å². The number of hydrogen-bond donors (Lipinski definition) is 0. The molecule has 1 amide bonds. The summed E-state index contributed by atoms with van der Waals surface area (Å²) in [6.07, 6.45) is 2.99. The first-order chi connectivity index (χ1) is 16.9. The minimum atomic E-state index is -0.280. The third-order valence-electron chi connectivity index (χ3n) is 6.30. The van der Waals surface area contributed by atoms with E-state index in [1.807, 2.05) is 30.3 Å². The fourth-order valence-electron chi connectivity index (χ4n) is 4.64. The lowest BCUT2D eigenvalue weighted by molar-refractivity contribution is -0.142. The highest BCUT2D eigenvalue weighted by Gasteiger charge is 2.36. The van der Waals surface area contributed by atoms with Gasteiger partial charge >= 0.3 is 5.97 Å². The fraction of sp³-hybridized carbons (Fsp3) is 0.462. The van der Waals surface area contributed by atoms with Gasteiger partial charge in [-0.3, -0.25) is 19.4 Å². The summed E-state index contributed by atoms with van der Waals surface area (Å²) in [5, 5.41) is 0.356. The zero-order chi connectivity index (χ0) is 24.9. The average Bonchev–Trinajstić information content (AvgIpc) is 3.44. The maximum absolute atomic E-state index is 12.6. The lowest BCUT2D eigenvalue weighted by Gasteiger charge is -2.26. The van der Waals surface area contributed by atoms with Gasteiger partial charge in [0.15, 0.2) is 0 Å². The fourth-order valence-corrected chi connectivity index (χ4v) is 6.28. The van der Waals surface area contributed by atoms with Crippen LogP contribution in [0.1, 0.15) is 44.0 Å². The Bertz CT molecular complexity index is 1080. The number of anilines is 1. The van der Waals surface area contributed by atoms with E-state index in [0.29, 0.717) is 24.0 Å². The summed E-state index contributed by atoms with van der Waals surface area (Å²) in [6.45, 7) is 5.88. The Morgan fingerprint density at radius 1 is 1.17 bits per heavy atom. The van der Waals surface area contributed by atoms with Crippen LogP contribution in [0.4, 0.5) is 5.69 Å². The number of benzene rings is 2. The molecule has 0 aliphatic carbocycles. The molecule has 188 valence electrons.